The van der Waals surface area contributed by atoms with Gasteiger partial charge in [0.05, 0.1) is 23.3 Å². The van der Waals surface area contributed by atoms with Gasteiger partial charge in [-0.15, -0.1) is 0 Å². The van der Waals surface area contributed by atoms with E-state index in [-0.39, 0.29) is 5.91 Å². The molecule has 1 aliphatic rings. The number of nitrogens with zero attached hydrogens (tertiary/aromatic N) is 3. The van der Waals surface area contributed by atoms with E-state index in [9.17, 15) is 4.79 Å². The van der Waals surface area contributed by atoms with Crippen LogP contribution < -0.4 is 21.3 Å². The fraction of sp³-hybridized carbons (Fsp3) is 0.190. The van der Waals surface area contributed by atoms with Crippen molar-refractivity contribution in [2.45, 2.75) is 0 Å². The molecule has 0 radical (unpaired) electrons. The number of anilines is 3. The molecule has 0 bridgehead atoms. The third-order valence-electron chi connectivity index (χ3n) is 4.69. The van der Waals surface area contributed by atoms with Gasteiger partial charge in [0.1, 0.15) is 5.69 Å². The summed E-state index contributed by atoms with van der Waals surface area (Å²) >= 11 is 0. The second kappa shape index (κ2) is 8.06. The van der Waals surface area contributed by atoms with Gasteiger partial charge < -0.3 is 21.3 Å². The lowest BCUT2D eigenvalue weighted by Crippen LogP contribution is -2.43. The second-order valence-electron chi connectivity index (χ2n) is 6.61. The monoisotopic (exact) mass is 374 g/mol. The minimum Gasteiger partial charge on any atom is -0.399 e. The maximum Gasteiger partial charge on any atom is 0.274 e. The molecule has 1 aromatic carbocycles. The first-order valence-corrected chi connectivity index (χ1v) is 9.25. The predicted molar refractivity (Wildman–Crippen MR) is 111 cm³/mol. The predicted octanol–water partition coefficient (Wildman–Crippen LogP) is 2.39. The molecule has 28 heavy (non-hydrogen) atoms. The number of amides is 1. The van der Waals surface area contributed by atoms with Crippen molar-refractivity contribution in [3.05, 3.63) is 66.6 Å². The van der Waals surface area contributed by atoms with E-state index in [0.717, 1.165) is 43.1 Å². The van der Waals surface area contributed by atoms with Crippen LogP contribution in [0.4, 0.5) is 17.1 Å². The molecule has 0 spiro atoms. The van der Waals surface area contributed by atoms with Crippen molar-refractivity contribution in [3.63, 3.8) is 0 Å². The molecule has 1 fully saturated rings. The lowest BCUT2D eigenvalue weighted by Gasteiger charge is -2.30. The number of carbonyl (C=O) groups excluding carboxylic acids is 1. The minimum absolute atomic E-state index is 0.262. The summed E-state index contributed by atoms with van der Waals surface area (Å²) in [6, 6.07) is 14.8. The van der Waals surface area contributed by atoms with Crippen LogP contribution in [0.5, 0.6) is 0 Å². The highest BCUT2D eigenvalue weighted by Crippen LogP contribution is 2.25. The van der Waals surface area contributed by atoms with Gasteiger partial charge >= 0.3 is 0 Å². The normalized spacial score (nSPS) is 13.9. The Kier molecular flexibility index (Phi) is 5.16. The van der Waals surface area contributed by atoms with E-state index in [0.29, 0.717) is 17.1 Å². The van der Waals surface area contributed by atoms with Gasteiger partial charge in [-0.3, -0.25) is 9.78 Å². The number of piperazine rings is 1. The van der Waals surface area contributed by atoms with Gasteiger partial charge in [-0.05, 0) is 30.3 Å². The second-order valence-corrected chi connectivity index (χ2v) is 6.61. The third kappa shape index (κ3) is 3.94. The van der Waals surface area contributed by atoms with Crippen LogP contribution in [0, 0.1) is 0 Å². The Morgan fingerprint density at radius 3 is 2.64 bits per heavy atom. The highest BCUT2D eigenvalue weighted by atomic mass is 16.1. The van der Waals surface area contributed by atoms with Gasteiger partial charge in [0.2, 0.25) is 0 Å². The zero-order chi connectivity index (χ0) is 19.3. The van der Waals surface area contributed by atoms with E-state index in [1.54, 1.807) is 18.5 Å². The molecule has 1 aliphatic heterocycles. The lowest BCUT2D eigenvalue weighted by molar-refractivity contribution is 0.102. The van der Waals surface area contributed by atoms with Crippen LogP contribution in [0.25, 0.3) is 11.3 Å². The average molecular weight is 374 g/mol. The molecule has 0 saturated carbocycles. The van der Waals surface area contributed by atoms with E-state index >= 15 is 0 Å². The fourth-order valence-electron chi connectivity index (χ4n) is 3.23. The summed E-state index contributed by atoms with van der Waals surface area (Å²) in [5.74, 6) is -0.262. The van der Waals surface area contributed by atoms with Crippen LogP contribution in [0.1, 0.15) is 10.5 Å². The first kappa shape index (κ1) is 17.9. The van der Waals surface area contributed by atoms with Crippen LogP contribution in [0.3, 0.4) is 0 Å². The Bertz CT molecular complexity index is 967. The van der Waals surface area contributed by atoms with E-state index in [2.05, 4.69) is 25.5 Å². The molecule has 0 aliphatic carbocycles. The summed E-state index contributed by atoms with van der Waals surface area (Å²) in [7, 11) is 0. The fourth-order valence-corrected chi connectivity index (χ4v) is 3.23. The Morgan fingerprint density at radius 2 is 1.86 bits per heavy atom. The largest absolute Gasteiger partial charge is 0.399 e. The Labute approximate surface area is 163 Å². The standard InChI is InChI=1S/C21H22N6O/c22-16-6-4-15(5-7-16)17-2-1-3-18(25-17)21(28)26-19-14-24-9-8-20(19)27-12-10-23-11-13-27/h1-9,14,23H,10-13,22H2,(H,26,28). The number of nitrogen functional groups attached to an aromatic ring is 1. The number of pyridine rings is 2. The van der Waals surface area contributed by atoms with Crippen LogP contribution in [0.15, 0.2) is 60.9 Å². The molecule has 0 atom stereocenters. The molecule has 2 aromatic heterocycles. The van der Waals surface area contributed by atoms with Crippen molar-refractivity contribution >= 4 is 23.0 Å². The van der Waals surface area contributed by atoms with Gasteiger partial charge in [-0.1, -0.05) is 18.2 Å². The quantitative estimate of drug-likeness (QED) is 0.607. The highest BCUT2D eigenvalue weighted by Gasteiger charge is 2.17. The van der Waals surface area contributed by atoms with Gasteiger partial charge in [-0.2, -0.15) is 0 Å². The minimum atomic E-state index is -0.262. The summed E-state index contributed by atoms with van der Waals surface area (Å²) in [5, 5.41) is 6.30. The number of nitrogens with two attached hydrogens (primary N) is 1. The molecular weight excluding hydrogens is 352 g/mol. The van der Waals surface area contributed by atoms with E-state index in [1.165, 1.54) is 0 Å². The Morgan fingerprint density at radius 1 is 1.07 bits per heavy atom. The highest BCUT2D eigenvalue weighted by molar-refractivity contribution is 6.04. The van der Waals surface area contributed by atoms with Gasteiger partial charge in [0, 0.05) is 43.6 Å². The van der Waals surface area contributed by atoms with Gasteiger partial charge in [-0.25, -0.2) is 4.98 Å². The van der Waals surface area contributed by atoms with Crippen molar-refractivity contribution in [2.75, 3.05) is 42.1 Å². The number of aromatic nitrogens is 2. The Balaban J connectivity index is 1.56. The summed E-state index contributed by atoms with van der Waals surface area (Å²) in [6.45, 7) is 3.61. The van der Waals surface area contributed by atoms with Crippen molar-refractivity contribution in [1.29, 1.82) is 0 Å². The number of hydrogen-bond acceptors (Lipinski definition) is 6. The van der Waals surface area contributed by atoms with Crippen molar-refractivity contribution in [1.82, 2.24) is 15.3 Å². The first-order chi connectivity index (χ1) is 13.7. The summed E-state index contributed by atoms with van der Waals surface area (Å²) in [6.07, 6.45) is 3.42. The first-order valence-electron chi connectivity index (χ1n) is 9.25. The molecule has 3 heterocycles. The van der Waals surface area contributed by atoms with Crippen LogP contribution in [-0.4, -0.2) is 42.1 Å². The molecule has 4 rings (SSSR count). The number of rotatable bonds is 4. The van der Waals surface area contributed by atoms with Crippen LogP contribution >= 0.6 is 0 Å². The molecule has 4 N–H and O–H groups in total. The smallest absolute Gasteiger partial charge is 0.274 e. The number of nitrogens with one attached hydrogen (secondary N) is 2. The van der Waals surface area contributed by atoms with Crippen LogP contribution in [-0.2, 0) is 0 Å². The third-order valence-corrected chi connectivity index (χ3v) is 4.69. The summed E-state index contributed by atoms with van der Waals surface area (Å²) in [4.78, 5) is 23.8. The van der Waals surface area contributed by atoms with Crippen molar-refractivity contribution < 1.29 is 4.79 Å². The number of carbonyl (C=O) groups is 1. The number of benzene rings is 1. The zero-order valence-electron chi connectivity index (χ0n) is 15.4. The lowest BCUT2D eigenvalue weighted by atomic mass is 10.1. The van der Waals surface area contributed by atoms with Gasteiger partial charge in [0.25, 0.3) is 5.91 Å². The molecule has 142 valence electrons. The van der Waals surface area contributed by atoms with Crippen LogP contribution in [0.2, 0.25) is 0 Å². The van der Waals surface area contributed by atoms with E-state index < -0.39 is 0 Å². The molecule has 1 amide bonds. The van der Waals surface area contributed by atoms with Crippen molar-refractivity contribution in [3.8, 4) is 11.3 Å². The molecule has 0 unspecified atom stereocenters. The number of hydrogen-bond donors (Lipinski definition) is 3. The average Bonchev–Trinajstić information content (AvgIpc) is 2.75. The van der Waals surface area contributed by atoms with E-state index in [1.807, 2.05) is 42.5 Å². The molecule has 1 saturated heterocycles. The molecule has 7 heteroatoms. The summed E-state index contributed by atoms with van der Waals surface area (Å²) < 4.78 is 0. The van der Waals surface area contributed by atoms with E-state index in [4.69, 9.17) is 5.73 Å². The molecule has 3 aromatic rings. The topological polar surface area (TPSA) is 96.2 Å². The van der Waals surface area contributed by atoms with Gasteiger partial charge in [0.15, 0.2) is 0 Å². The Hall–Kier alpha value is -3.45. The maximum atomic E-state index is 12.8. The SMILES string of the molecule is Nc1ccc(-c2cccc(C(=O)Nc3cnccc3N3CCNCC3)n2)cc1. The zero-order valence-corrected chi connectivity index (χ0v) is 15.4. The maximum absolute atomic E-state index is 12.8. The molecular formula is C21H22N6O. The summed E-state index contributed by atoms with van der Waals surface area (Å²) in [5.41, 5.74) is 10.1. The molecule has 7 nitrogen and oxygen atoms in total. The van der Waals surface area contributed by atoms with Crippen molar-refractivity contribution in [2.24, 2.45) is 0 Å².